The summed E-state index contributed by atoms with van der Waals surface area (Å²) in [7, 11) is 0. The highest BCUT2D eigenvalue weighted by Crippen LogP contribution is 2.16. The minimum atomic E-state index is -0.406. The monoisotopic (exact) mass is 198 g/mol. The Hall–Kier alpha value is -1.06. The second kappa shape index (κ2) is 4.84. The van der Waals surface area contributed by atoms with Gasteiger partial charge in [0.15, 0.2) is 0 Å². The highest BCUT2D eigenvalue weighted by molar-refractivity contribution is 7.99. The molecule has 0 aliphatic carbocycles. The molecule has 1 atom stereocenters. The molecular formula is C7H10N4OS. The number of aryl methyl sites for hydroxylation is 1. The van der Waals surface area contributed by atoms with E-state index in [-0.39, 0.29) is 0 Å². The first-order chi connectivity index (χ1) is 6.22. The van der Waals surface area contributed by atoms with Gasteiger partial charge in [-0.2, -0.15) is 5.26 Å². The number of rotatable bonds is 4. The van der Waals surface area contributed by atoms with Crippen molar-refractivity contribution in [2.24, 2.45) is 5.73 Å². The maximum Gasteiger partial charge on any atom is 0.276 e. The molecule has 1 aromatic rings. The van der Waals surface area contributed by atoms with Gasteiger partial charge < -0.3 is 10.2 Å². The fourth-order valence-electron chi connectivity index (χ4n) is 0.675. The zero-order valence-corrected chi connectivity index (χ0v) is 8.04. The lowest BCUT2D eigenvalue weighted by Crippen LogP contribution is -2.17. The lowest BCUT2D eigenvalue weighted by atomic mass is 10.3. The normalized spacial score (nSPS) is 12.4. The molecule has 1 heterocycles. The number of nitriles is 1. The van der Waals surface area contributed by atoms with Crippen molar-refractivity contribution in [1.29, 1.82) is 5.26 Å². The molecular weight excluding hydrogens is 188 g/mol. The smallest absolute Gasteiger partial charge is 0.276 e. The zero-order chi connectivity index (χ0) is 9.68. The van der Waals surface area contributed by atoms with E-state index in [1.54, 1.807) is 6.92 Å². The largest absolute Gasteiger partial charge is 0.416 e. The summed E-state index contributed by atoms with van der Waals surface area (Å²) >= 11 is 1.41. The third kappa shape index (κ3) is 3.44. The first-order valence-corrected chi connectivity index (χ1v) is 4.79. The Balaban J connectivity index is 2.25. The third-order valence-electron chi connectivity index (χ3n) is 1.33. The molecule has 6 heteroatoms. The fourth-order valence-corrected chi connectivity index (χ4v) is 1.50. The van der Waals surface area contributed by atoms with Gasteiger partial charge in [-0.05, 0) is 6.42 Å². The molecule has 0 saturated carbocycles. The predicted molar refractivity (Wildman–Crippen MR) is 48.0 cm³/mol. The Labute approximate surface area is 80.3 Å². The SMILES string of the molecule is Cc1nnc(SCCC(N)C#N)o1. The summed E-state index contributed by atoms with van der Waals surface area (Å²) in [5.41, 5.74) is 5.40. The summed E-state index contributed by atoms with van der Waals surface area (Å²) in [4.78, 5) is 0. The predicted octanol–water partition coefficient (Wildman–Crippen LogP) is 0.711. The van der Waals surface area contributed by atoms with Crippen molar-refractivity contribution in [2.75, 3.05) is 5.75 Å². The third-order valence-corrected chi connectivity index (χ3v) is 2.18. The summed E-state index contributed by atoms with van der Waals surface area (Å²) in [5, 5.41) is 16.4. The minimum absolute atomic E-state index is 0.406. The summed E-state index contributed by atoms with van der Waals surface area (Å²) in [6.45, 7) is 1.73. The van der Waals surface area contributed by atoms with Crippen molar-refractivity contribution in [1.82, 2.24) is 10.2 Å². The van der Waals surface area contributed by atoms with E-state index in [1.165, 1.54) is 11.8 Å². The van der Waals surface area contributed by atoms with E-state index in [2.05, 4.69) is 10.2 Å². The number of nitrogens with zero attached hydrogens (tertiary/aromatic N) is 3. The van der Waals surface area contributed by atoms with Gasteiger partial charge in [0, 0.05) is 12.7 Å². The van der Waals surface area contributed by atoms with Crippen LogP contribution < -0.4 is 5.73 Å². The average Bonchev–Trinajstić information content (AvgIpc) is 2.51. The van der Waals surface area contributed by atoms with Gasteiger partial charge >= 0.3 is 0 Å². The molecule has 1 unspecified atom stereocenters. The van der Waals surface area contributed by atoms with Crippen molar-refractivity contribution in [3.63, 3.8) is 0 Å². The number of aromatic nitrogens is 2. The summed E-state index contributed by atoms with van der Waals surface area (Å²) in [6, 6.07) is 1.55. The van der Waals surface area contributed by atoms with Gasteiger partial charge in [0.2, 0.25) is 5.89 Å². The van der Waals surface area contributed by atoms with Crippen LogP contribution in [-0.4, -0.2) is 22.0 Å². The number of hydrogen-bond donors (Lipinski definition) is 1. The molecule has 1 aromatic heterocycles. The van der Waals surface area contributed by atoms with Crippen molar-refractivity contribution in [2.45, 2.75) is 24.6 Å². The zero-order valence-electron chi connectivity index (χ0n) is 7.23. The number of thioether (sulfide) groups is 1. The van der Waals surface area contributed by atoms with E-state index in [9.17, 15) is 0 Å². The average molecular weight is 198 g/mol. The van der Waals surface area contributed by atoms with Gasteiger partial charge in [-0.3, -0.25) is 0 Å². The molecule has 0 bridgehead atoms. The van der Waals surface area contributed by atoms with Crippen LogP contribution in [0.4, 0.5) is 0 Å². The first kappa shape index (κ1) is 10.0. The van der Waals surface area contributed by atoms with E-state index in [1.807, 2.05) is 6.07 Å². The van der Waals surface area contributed by atoms with Crippen molar-refractivity contribution in [3.8, 4) is 6.07 Å². The highest BCUT2D eigenvalue weighted by Gasteiger charge is 2.04. The maximum absolute atomic E-state index is 8.40. The second-order valence-corrected chi connectivity index (χ2v) is 3.51. The van der Waals surface area contributed by atoms with Crippen molar-refractivity contribution >= 4 is 11.8 Å². The molecule has 0 fully saturated rings. The number of nitrogens with two attached hydrogens (primary N) is 1. The molecule has 2 N–H and O–H groups in total. The Morgan fingerprint density at radius 1 is 1.69 bits per heavy atom. The lowest BCUT2D eigenvalue weighted by Gasteiger charge is -1.98. The molecule has 0 spiro atoms. The van der Waals surface area contributed by atoms with Gasteiger partial charge in [0.05, 0.1) is 12.1 Å². The van der Waals surface area contributed by atoms with Crippen LogP contribution in [0.15, 0.2) is 9.64 Å². The fraction of sp³-hybridized carbons (Fsp3) is 0.571. The lowest BCUT2D eigenvalue weighted by molar-refractivity contribution is 0.429. The van der Waals surface area contributed by atoms with E-state index in [4.69, 9.17) is 15.4 Å². The molecule has 0 aliphatic heterocycles. The Morgan fingerprint density at radius 3 is 3.00 bits per heavy atom. The Bertz CT molecular complexity index is 306. The van der Waals surface area contributed by atoms with E-state index in [0.29, 0.717) is 17.5 Å². The van der Waals surface area contributed by atoms with Crippen LogP contribution in [0.1, 0.15) is 12.3 Å². The molecule has 1 rings (SSSR count). The molecule has 0 aromatic carbocycles. The maximum atomic E-state index is 8.40. The van der Waals surface area contributed by atoms with Crippen LogP contribution in [0.3, 0.4) is 0 Å². The van der Waals surface area contributed by atoms with E-state index in [0.717, 1.165) is 5.75 Å². The highest BCUT2D eigenvalue weighted by atomic mass is 32.2. The minimum Gasteiger partial charge on any atom is -0.416 e. The second-order valence-electron chi connectivity index (χ2n) is 2.46. The molecule has 0 radical (unpaired) electrons. The van der Waals surface area contributed by atoms with Gasteiger partial charge in [0.1, 0.15) is 0 Å². The van der Waals surface area contributed by atoms with Gasteiger partial charge in [-0.1, -0.05) is 11.8 Å². The van der Waals surface area contributed by atoms with Crippen LogP contribution in [0.5, 0.6) is 0 Å². The van der Waals surface area contributed by atoms with Gasteiger partial charge in [0.25, 0.3) is 5.22 Å². The van der Waals surface area contributed by atoms with E-state index >= 15 is 0 Å². The topological polar surface area (TPSA) is 88.7 Å². The Morgan fingerprint density at radius 2 is 2.46 bits per heavy atom. The van der Waals surface area contributed by atoms with Crippen LogP contribution in [0, 0.1) is 18.3 Å². The molecule has 0 aliphatic rings. The van der Waals surface area contributed by atoms with Crippen LogP contribution in [0.25, 0.3) is 0 Å². The molecule has 13 heavy (non-hydrogen) atoms. The number of hydrogen-bond acceptors (Lipinski definition) is 6. The quantitative estimate of drug-likeness (QED) is 0.717. The van der Waals surface area contributed by atoms with Crippen LogP contribution in [0.2, 0.25) is 0 Å². The van der Waals surface area contributed by atoms with Crippen molar-refractivity contribution < 1.29 is 4.42 Å². The van der Waals surface area contributed by atoms with Gasteiger partial charge in [-0.15, -0.1) is 10.2 Å². The van der Waals surface area contributed by atoms with Crippen molar-refractivity contribution in [3.05, 3.63) is 5.89 Å². The molecule has 0 amide bonds. The first-order valence-electron chi connectivity index (χ1n) is 3.80. The van der Waals surface area contributed by atoms with Gasteiger partial charge in [-0.25, -0.2) is 0 Å². The molecule has 70 valence electrons. The summed E-state index contributed by atoms with van der Waals surface area (Å²) < 4.78 is 5.12. The van der Waals surface area contributed by atoms with Crippen LogP contribution >= 0.6 is 11.8 Å². The van der Waals surface area contributed by atoms with Crippen LogP contribution in [-0.2, 0) is 0 Å². The van der Waals surface area contributed by atoms with E-state index < -0.39 is 6.04 Å². The summed E-state index contributed by atoms with van der Waals surface area (Å²) in [5.74, 6) is 1.27. The molecule has 5 nitrogen and oxygen atoms in total. The summed E-state index contributed by atoms with van der Waals surface area (Å²) in [6.07, 6.45) is 0.628. The Kier molecular flexibility index (Phi) is 3.73. The molecule has 0 saturated heterocycles. The standard InChI is InChI=1S/C7H10N4OS/c1-5-10-11-7(12-5)13-3-2-6(9)4-8/h6H,2-3,9H2,1H3.